The molecule has 2 aliphatic heterocycles. The number of likely N-dealkylation sites (tertiary alicyclic amines) is 1. The molecule has 0 radical (unpaired) electrons. The quantitative estimate of drug-likeness (QED) is 0.366. The Labute approximate surface area is 189 Å². The fraction of sp³-hybridized carbons (Fsp3) is 0.160. The molecule has 0 bridgehead atoms. The van der Waals surface area contributed by atoms with Crippen LogP contribution in [0.25, 0.3) is 5.76 Å². The van der Waals surface area contributed by atoms with Crippen LogP contribution in [-0.4, -0.2) is 40.6 Å². The van der Waals surface area contributed by atoms with Gasteiger partial charge in [0.2, 0.25) is 6.79 Å². The molecule has 0 unspecified atom stereocenters. The first-order chi connectivity index (χ1) is 16.1. The van der Waals surface area contributed by atoms with E-state index < -0.39 is 17.7 Å². The standard InChI is InChI=1S/C25H20N2O6/c1-31-18-4-2-3-17(11-18)23(28)21-22(16-5-6-19-20(12-16)33-14-32-19)27(25(30)24(21)29)13-15-7-9-26-10-8-15/h2-12,22,28H,13-14H2,1H3/t22-/m0/s1. The monoisotopic (exact) mass is 444 g/mol. The zero-order valence-electron chi connectivity index (χ0n) is 17.7. The van der Waals surface area contributed by atoms with E-state index in [4.69, 9.17) is 14.2 Å². The number of Topliss-reactive ketones (excluding diaryl/α,β-unsaturated/α-hetero) is 1. The minimum Gasteiger partial charge on any atom is -0.507 e. The number of hydrogen-bond acceptors (Lipinski definition) is 7. The molecule has 1 saturated heterocycles. The Kier molecular flexibility index (Phi) is 5.18. The highest BCUT2D eigenvalue weighted by atomic mass is 16.7. The van der Waals surface area contributed by atoms with Gasteiger partial charge in [0.05, 0.1) is 18.7 Å². The first-order valence-electron chi connectivity index (χ1n) is 10.3. The van der Waals surface area contributed by atoms with Gasteiger partial charge in [-0.15, -0.1) is 0 Å². The molecule has 1 fully saturated rings. The number of aliphatic hydroxyl groups is 1. The van der Waals surface area contributed by atoms with Gasteiger partial charge in [0.25, 0.3) is 11.7 Å². The van der Waals surface area contributed by atoms with Gasteiger partial charge in [0, 0.05) is 24.5 Å². The number of nitrogens with zero attached hydrogens (tertiary/aromatic N) is 2. The van der Waals surface area contributed by atoms with Crippen LogP contribution in [0.2, 0.25) is 0 Å². The summed E-state index contributed by atoms with van der Waals surface area (Å²) < 4.78 is 16.1. The number of aliphatic hydroxyl groups excluding tert-OH is 1. The lowest BCUT2D eigenvalue weighted by molar-refractivity contribution is -0.140. The van der Waals surface area contributed by atoms with Crippen molar-refractivity contribution in [2.24, 2.45) is 0 Å². The summed E-state index contributed by atoms with van der Waals surface area (Å²) in [5.41, 5.74) is 1.80. The fourth-order valence-corrected chi connectivity index (χ4v) is 4.08. The molecule has 0 spiro atoms. The van der Waals surface area contributed by atoms with Crippen LogP contribution in [0.3, 0.4) is 0 Å². The van der Waals surface area contributed by atoms with Gasteiger partial charge in [-0.25, -0.2) is 0 Å². The summed E-state index contributed by atoms with van der Waals surface area (Å²) in [6, 6.07) is 14.7. The highest BCUT2D eigenvalue weighted by Crippen LogP contribution is 2.43. The van der Waals surface area contributed by atoms with Crippen LogP contribution in [0.15, 0.2) is 72.6 Å². The van der Waals surface area contributed by atoms with Crippen LogP contribution in [-0.2, 0) is 16.1 Å². The molecule has 166 valence electrons. The van der Waals surface area contributed by atoms with Crippen molar-refractivity contribution in [3.63, 3.8) is 0 Å². The molecular weight excluding hydrogens is 424 g/mol. The molecule has 3 aromatic rings. The number of pyridine rings is 1. The van der Waals surface area contributed by atoms with Gasteiger partial charge in [0.1, 0.15) is 11.5 Å². The molecule has 2 aliphatic rings. The average Bonchev–Trinajstić information content (AvgIpc) is 3.42. The van der Waals surface area contributed by atoms with Crippen molar-refractivity contribution < 1.29 is 28.9 Å². The lowest BCUT2D eigenvalue weighted by Gasteiger charge is -2.25. The largest absolute Gasteiger partial charge is 0.507 e. The zero-order chi connectivity index (χ0) is 22.9. The SMILES string of the molecule is COc1cccc(C(O)=C2C(=O)C(=O)N(Cc3ccncc3)[C@H]2c2ccc3c(c2)OCO3)c1. The molecule has 5 rings (SSSR count). The number of ketones is 1. The molecule has 0 aliphatic carbocycles. The van der Waals surface area contributed by atoms with Crippen molar-refractivity contribution in [3.8, 4) is 17.2 Å². The van der Waals surface area contributed by atoms with Crippen LogP contribution in [0.1, 0.15) is 22.7 Å². The first kappa shape index (κ1) is 20.6. The summed E-state index contributed by atoms with van der Waals surface area (Å²) in [6.45, 7) is 0.265. The fourth-order valence-electron chi connectivity index (χ4n) is 4.08. The molecule has 1 amide bonds. The first-order valence-corrected chi connectivity index (χ1v) is 10.3. The van der Waals surface area contributed by atoms with Crippen LogP contribution >= 0.6 is 0 Å². The Hall–Kier alpha value is -4.33. The summed E-state index contributed by atoms with van der Waals surface area (Å²) in [6.07, 6.45) is 3.25. The number of benzene rings is 2. The summed E-state index contributed by atoms with van der Waals surface area (Å²) in [5.74, 6) is -0.108. The summed E-state index contributed by atoms with van der Waals surface area (Å²) in [5, 5.41) is 11.2. The van der Waals surface area contributed by atoms with Crippen molar-refractivity contribution in [3.05, 3.63) is 89.3 Å². The molecule has 1 atom stereocenters. The predicted molar refractivity (Wildman–Crippen MR) is 118 cm³/mol. The second-order valence-corrected chi connectivity index (χ2v) is 7.63. The second kappa shape index (κ2) is 8.31. The third-order valence-corrected chi connectivity index (χ3v) is 5.70. The van der Waals surface area contributed by atoms with Gasteiger partial charge in [-0.1, -0.05) is 18.2 Å². The van der Waals surface area contributed by atoms with E-state index in [2.05, 4.69) is 4.98 Å². The summed E-state index contributed by atoms with van der Waals surface area (Å²) in [7, 11) is 1.51. The highest BCUT2D eigenvalue weighted by molar-refractivity contribution is 6.46. The third kappa shape index (κ3) is 3.65. The summed E-state index contributed by atoms with van der Waals surface area (Å²) in [4.78, 5) is 31.8. The maximum absolute atomic E-state index is 13.2. The van der Waals surface area contributed by atoms with Crippen LogP contribution < -0.4 is 14.2 Å². The van der Waals surface area contributed by atoms with E-state index in [1.807, 2.05) is 0 Å². The number of carbonyl (C=O) groups excluding carboxylic acids is 2. The molecule has 8 nitrogen and oxygen atoms in total. The minimum atomic E-state index is -0.820. The van der Waals surface area contributed by atoms with E-state index in [-0.39, 0.29) is 24.7 Å². The molecule has 0 saturated carbocycles. The van der Waals surface area contributed by atoms with Gasteiger partial charge >= 0.3 is 0 Å². The van der Waals surface area contributed by atoms with Crippen molar-refractivity contribution in [2.45, 2.75) is 12.6 Å². The van der Waals surface area contributed by atoms with E-state index in [1.54, 1.807) is 67.0 Å². The lowest BCUT2D eigenvalue weighted by atomic mass is 9.94. The number of aromatic nitrogens is 1. The van der Waals surface area contributed by atoms with E-state index in [0.717, 1.165) is 5.56 Å². The van der Waals surface area contributed by atoms with Crippen LogP contribution in [0, 0.1) is 0 Å². The average molecular weight is 444 g/mol. The molecule has 1 aromatic heterocycles. The second-order valence-electron chi connectivity index (χ2n) is 7.63. The number of carbonyl (C=O) groups is 2. The molecule has 8 heteroatoms. The summed E-state index contributed by atoms with van der Waals surface area (Å²) >= 11 is 0. The smallest absolute Gasteiger partial charge is 0.295 e. The minimum absolute atomic E-state index is 0.00109. The number of hydrogen-bond donors (Lipinski definition) is 1. The lowest BCUT2D eigenvalue weighted by Crippen LogP contribution is -2.29. The van der Waals surface area contributed by atoms with E-state index in [1.165, 1.54) is 12.0 Å². The van der Waals surface area contributed by atoms with Gasteiger partial charge in [-0.3, -0.25) is 14.6 Å². The molecule has 3 heterocycles. The number of fused-ring (bicyclic) bond motifs is 1. The predicted octanol–water partition coefficient (Wildman–Crippen LogP) is 3.44. The Morgan fingerprint density at radius 3 is 2.67 bits per heavy atom. The van der Waals surface area contributed by atoms with E-state index in [0.29, 0.717) is 28.4 Å². The molecule has 1 N–H and O–H groups in total. The molecule has 33 heavy (non-hydrogen) atoms. The van der Waals surface area contributed by atoms with Gasteiger partial charge in [-0.05, 0) is 47.5 Å². The number of amides is 1. The Balaban J connectivity index is 1.66. The Bertz CT molecular complexity index is 1270. The van der Waals surface area contributed by atoms with Crippen molar-refractivity contribution in [1.82, 2.24) is 9.88 Å². The van der Waals surface area contributed by atoms with Gasteiger partial charge in [-0.2, -0.15) is 0 Å². The Morgan fingerprint density at radius 2 is 1.88 bits per heavy atom. The third-order valence-electron chi connectivity index (χ3n) is 5.70. The van der Waals surface area contributed by atoms with E-state index >= 15 is 0 Å². The number of ether oxygens (including phenoxy) is 3. The topological polar surface area (TPSA) is 98.2 Å². The molecular formula is C25H20N2O6. The van der Waals surface area contributed by atoms with Crippen LogP contribution in [0.5, 0.6) is 17.2 Å². The van der Waals surface area contributed by atoms with Gasteiger partial charge in [0.15, 0.2) is 11.5 Å². The maximum Gasteiger partial charge on any atom is 0.295 e. The normalized spacial score (nSPS) is 18.6. The molecule has 2 aromatic carbocycles. The van der Waals surface area contributed by atoms with Crippen molar-refractivity contribution in [1.29, 1.82) is 0 Å². The highest BCUT2D eigenvalue weighted by Gasteiger charge is 2.46. The number of methoxy groups -OCH3 is 1. The zero-order valence-corrected chi connectivity index (χ0v) is 17.7. The van der Waals surface area contributed by atoms with Gasteiger partial charge < -0.3 is 24.2 Å². The maximum atomic E-state index is 13.2. The Morgan fingerprint density at radius 1 is 1.09 bits per heavy atom. The van der Waals surface area contributed by atoms with Crippen LogP contribution in [0.4, 0.5) is 0 Å². The number of rotatable bonds is 5. The van der Waals surface area contributed by atoms with E-state index in [9.17, 15) is 14.7 Å². The van der Waals surface area contributed by atoms with Crippen molar-refractivity contribution >= 4 is 17.4 Å². The van der Waals surface area contributed by atoms with Crippen molar-refractivity contribution in [2.75, 3.05) is 13.9 Å².